The van der Waals surface area contributed by atoms with Crippen LogP contribution in [0.2, 0.25) is 10.0 Å². The summed E-state index contributed by atoms with van der Waals surface area (Å²) in [6, 6.07) is 19.0. The molecule has 0 saturated carbocycles. The third kappa shape index (κ3) is 4.02. The number of aromatic carboxylic acids is 1. The van der Waals surface area contributed by atoms with Gasteiger partial charge in [-0.05, 0) is 53.9 Å². The van der Waals surface area contributed by atoms with Crippen LogP contribution in [-0.4, -0.2) is 15.6 Å². The third-order valence-corrected chi connectivity index (χ3v) is 5.85. The molecule has 0 radical (unpaired) electrons. The van der Waals surface area contributed by atoms with E-state index in [4.69, 9.17) is 23.2 Å². The zero-order valence-corrected chi connectivity index (χ0v) is 17.8. The molecule has 0 aliphatic carbocycles. The Morgan fingerprint density at radius 2 is 1.83 bits per heavy atom. The van der Waals surface area contributed by atoms with Crippen molar-refractivity contribution in [3.63, 3.8) is 0 Å². The molecule has 4 rings (SSSR count). The van der Waals surface area contributed by atoms with Gasteiger partial charge in [0.25, 0.3) is 0 Å². The summed E-state index contributed by atoms with van der Waals surface area (Å²) < 4.78 is 2.17. The highest BCUT2D eigenvalue weighted by Gasteiger charge is 2.13. The van der Waals surface area contributed by atoms with Crippen LogP contribution < -0.4 is 5.32 Å². The van der Waals surface area contributed by atoms with Gasteiger partial charge >= 0.3 is 5.97 Å². The third-order valence-electron chi connectivity index (χ3n) is 5.26. The van der Waals surface area contributed by atoms with Crippen LogP contribution in [0.25, 0.3) is 10.9 Å². The molecular weight excluding hydrogens is 419 g/mol. The topological polar surface area (TPSA) is 54.3 Å². The lowest BCUT2D eigenvalue weighted by atomic mass is 10.1. The van der Waals surface area contributed by atoms with Gasteiger partial charge in [0.1, 0.15) is 0 Å². The van der Waals surface area contributed by atoms with Crippen LogP contribution in [0, 0.1) is 6.92 Å². The standard InChI is InChI=1S/C24H20Cl2N2O2/c1-15-19(24(29)30)6-4-7-22(15)27-12-17-14-28(23-8-3-2-5-20(17)23)13-16-9-10-18(25)11-21(16)26/h2-11,14,27H,12-13H2,1H3,(H,29,30). The highest BCUT2D eigenvalue weighted by Crippen LogP contribution is 2.27. The second-order valence-corrected chi connectivity index (χ2v) is 8.02. The van der Waals surface area contributed by atoms with Crippen molar-refractivity contribution in [2.75, 3.05) is 5.32 Å². The lowest BCUT2D eigenvalue weighted by molar-refractivity contribution is 0.0696. The van der Waals surface area contributed by atoms with Crippen LogP contribution in [0.15, 0.2) is 66.9 Å². The molecule has 152 valence electrons. The van der Waals surface area contributed by atoms with Crippen molar-refractivity contribution in [3.05, 3.63) is 99.2 Å². The smallest absolute Gasteiger partial charge is 0.336 e. The average Bonchev–Trinajstić information content (AvgIpc) is 3.07. The number of carboxylic acid groups (broad SMARTS) is 1. The van der Waals surface area contributed by atoms with Crippen molar-refractivity contribution < 1.29 is 9.90 Å². The number of carbonyl (C=O) groups is 1. The molecule has 4 aromatic rings. The normalized spacial score (nSPS) is 11.0. The van der Waals surface area contributed by atoms with Gasteiger partial charge in [0, 0.05) is 45.9 Å². The summed E-state index contributed by atoms with van der Waals surface area (Å²) in [5.74, 6) is -0.924. The number of hydrogen-bond acceptors (Lipinski definition) is 2. The molecule has 0 unspecified atom stereocenters. The maximum Gasteiger partial charge on any atom is 0.336 e. The minimum Gasteiger partial charge on any atom is -0.478 e. The summed E-state index contributed by atoms with van der Waals surface area (Å²) in [6.07, 6.45) is 2.11. The quantitative estimate of drug-likeness (QED) is 0.355. The van der Waals surface area contributed by atoms with Gasteiger partial charge in [-0.15, -0.1) is 0 Å². The second kappa shape index (κ2) is 8.42. The average molecular weight is 439 g/mol. The minimum absolute atomic E-state index is 0.305. The Kier molecular flexibility index (Phi) is 5.71. The van der Waals surface area contributed by atoms with Gasteiger partial charge in [0.15, 0.2) is 0 Å². The fourth-order valence-electron chi connectivity index (χ4n) is 3.68. The summed E-state index contributed by atoms with van der Waals surface area (Å²) in [5.41, 5.74) is 5.06. The molecule has 3 aromatic carbocycles. The van der Waals surface area contributed by atoms with Crippen molar-refractivity contribution in [3.8, 4) is 0 Å². The summed E-state index contributed by atoms with van der Waals surface area (Å²) in [4.78, 5) is 11.4. The molecule has 30 heavy (non-hydrogen) atoms. The van der Waals surface area contributed by atoms with Crippen LogP contribution in [0.1, 0.15) is 27.0 Å². The first kappa shape index (κ1) is 20.3. The lowest BCUT2D eigenvalue weighted by Gasteiger charge is -2.11. The van der Waals surface area contributed by atoms with E-state index in [1.165, 1.54) is 0 Å². The van der Waals surface area contributed by atoms with E-state index >= 15 is 0 Å². The van der Waals surface area contributed by atoms with Crippen molar-refractivity contribution in [2.24, 2.45) is 0 Å². The number of carboxylic acids is 1. The van der Waals surface area contributed by atoms with Crippen molar-refractivity contribution >= 4 is 45.8 Å². The fourth-order valence-corrected chi connectivity index (χ4v) is 4.15. The SMILES string of the molecule is Cc1c(NCc2cn(Cc3ccc(Cl)cc3Cl)c3ccccc23)cccc1C(=O)O. The molecule has 0 atom stereocenters. The molecule has 0 spiro atoms. The highest BCUT2D eigenvalue weighted by molar-refractivity contribution is 6.35. The number of nitrogens with one attached hydrogen (secondary N) is 1. The van der Waals surface area contributed by atoms with Gasteiger partial charge in [-0.1, -0.05) is 53.5 Å². The van der Waals surface area contributed by atoms with Crippen LogP contribution in [0.5, 0.6) is 0 Å². The number of para-hydroxylation sites is 1. The van der Waals surface area contributed by atoms with Crippen LogP contribution in [0.3, 0.4) is 0 Å². The molecule has 0 amide bonds. The Hall–Kier alpha value is -2.95. The van der Waals surface area contributed by atoms with Crippen LogP contribution in [-0.2, 0) is 13.1 Å². The molecule has 0 aliphatic heterocycles. The van der Waals surface area contributed by atoms with Gasteiger partial charge in [-0.2, -0.15) is 0 Å². The Morgan fingerprint density at radius 3 is 2.60 bits per heavy atom. The molecule has 0 fully saturated rings. The number of benzene rings is 3. The first-order chi connectivity index (χ1) is 14.4. The fraction of sp³-hybridized carbons (Fsp3) is 0.125. The molecule has 1 heterocycles. The number of rotatable bonds is 6. The van der Waals surface area contributed by atoms with E-state index in [1.807, 2.05) is 37.3 Å². The van der Waals surface area contributed by atoms with Gasteiger partial charge < -0.3 is 15.0 Å². The zero-order chi connectivity index (χ0) is 21.3. The van der Waals surface area contributed by atoms with Gasteiger partial charge in [0.05, 0.1) is 5.56 Å². The van der Waals surface area contributed by atoms with Crippen LogP contribution >= 0.6 is 23.2 Å². The predicted octanol–water partition coefficient (Wildman–Crippen LogP) is 6.62. The van der Waals surface area contributed by atoms with E-state index in [2.05, 4.69) is 28.2 Å². The Labute approximate surface area is 184 Å². The van der Waals surface area contributed by atoms with E-state index in [0.717, 1.165) is 33.3 Å². The van der Waals surface area contributed by atoms with Gasteiger partial charge in [0.2, 0.25) is 0 Å². The van der Waals surface area contributed by atoms with Crippen molar-refractivity contribution in [2.45, 2.75) is 20.0 Å². The van der Waals surface area contributed by atoms with E-state index in [0.29, 0.717) is 28.7 Å². The molecular formula is C24H20Cl2N2O2. The van der Waals surface area contributed by atoms with Crippen molar-refractivity contribution in [1.29, 1.82) is 0 Å². The molecule has 2 N–H and O–H groups in total. The number of aromatic nitrogens is 1. The monoisotopic (exact) mass is 438 g/mol. The molecule has 0 saturated heterocycles. The molecule has 4 nitrogen and oxygen atoms in total. The largest absolute Gasteiger partial charge is 0.478 e. The first-order valence-corrected chi connectivity index (χ1v) is 10.3. The Morgan fingerprint density at radius 1 is 1.03 bits per heavy atom. The summed E-state index contributed by atoms with van der Waals surface area (Å²) >= 11 is 12.4. The number of nitrogens with zero attached hydrogens (tertiary/aromatic N) is 1. The van der Waals surface area contributed by atoms with E-state index < -0.39 is 5.97 Å². The lowest BCUT2D eigenvalue weighted by Crippen LogP contribution is -2.05. The maximum atomic E-state index is 11.4. The summed E-state index contributed by atoms with van der Waals surface area (Å²) in [7, 11) is 0. The zero-order valence-electron chi connectivity index (χ0n) is 16.3. The number of fused-ring (bicyclic) bond motifs is 1. The maximum absolute atomic E-state index is 11.4. The minimum atomic E-state index is -0.924. The van der Waals surface area contributed by atoms with Gasteiger partial charge in [-0.3, -0.25) is 0 Å². The van der Waals surface area contributed by atoms with E-state index in [1.54, 1.807) is 18.2 Å². The number of hydrogen-bond donors (Lipinski definition) is 2. The summed E-state index contributed by atoms with van der Waals surface area (Å²) in [6.45, 7) is 3.02. The Balaban J connectivity index is 1.64. The number of halogens is 2. The van der Waals surface area contributed by atoms with Gasteiger partial charge in [-0.25, -0.2) is 4.79 Å². The predicted molar refractivity (Wildman–Crippen MR) is 123 cm³/mol. The molecule has 1 aromatic heterocycles. The molecule has 0 aliphatic rings. The van der Waals surface area contributed by atoms with Crippen molar-refractivity contribution in [1.82, 2.24) is 4.57 Å². The first-order valence-electron chi connectivity index (χ1n) is 9.51. The summed E-state index contributed by atoms with van der Waals surface area (Å²) in [5, 5.41) is 15.1. The Bertz CT molecular complexity index is 1250. The highest BCUT2D eigenvalue weighted by atomic mass is 35.5. The molecule has 6 heteroatoms. The number of anilines is 1. The van der Waals surface area contributed by atoms with E-state index in [-0.39, 0.29) is 0 Å². The second-order valence-electron chi connectivity index (χ2n) is 7.17. The van der Waals surface area contributed by atoms with E-state index in [9.17, 15) is 9.90 Å². The molecule has 0 bridgehead atoms. The van der Waals surface area contributed by atoms with Crippen LogP contribution in [0.4, 0.5) is 5.69 Å².